The van der Waals surface area contributed by atoms with E-state index in [2.05, 4.69) is 11.0 Å². The Hall–Kier alpha value is -1.47. The summed E-state index contributed by atoms with van der Waals surface area (Å²) in [6, 6.07) is 4.09. The molecule has 2 aliphatic heterocycles. The second-order valence-corrected chi connectivity index (χ2v) is 8.07. The van der Waals surface area contributed by atoms with Crippen molar-refractivity contribution in [2.75, 3.05) is 33.2 Å². The Morgan fingerprint density at radius 2 is 2.28 bits per heavy atom. The molecule has 5 nitrogen and oxygen atoms in total. The van der Waals surface area contributed by atoms with Gasteiger partial charge >= 0.3 is 0 Å². The van der Waals surface area contributed by atoms with Gasteiger partial charge in [-0.3, -0.25) is 14.5 Å². The van der Waals surface area contributed by atoms with Crippen molar-refractivity contribution < 1.29 is 14.0 Å². The average Bonchev–Trinajstić information content (AvgIpc) is 3.20. The number of piperidine rings is 1. The first-order valence-corrected chi connectivity index (χ1v) is 9.83. The van der Waals surface area contributed by atoms with Gasteiger partial charge < -0.3 is 9.80 Å². The Balaban J connectivity index is 1.53. The van der Waals surface area contributed by atoms with Crippen LogP contribution in [-0.4, -0.2) is 72.0 Å². The van der Waals surface area contributed by atoms with E-state index in [4.69, 9.17) is 0 Å². The fourth-order valence-corrected chi connectivity index (χ4v) is 4.37. The second kappa shape index (κ2) is 8.27. The molecule has 0 spiro atoms. The van der Waals surface area contributed by atoms with E-state index in [1.807, 2.05) is 11.4 Å². The van der Waals surface area contributed by atoms with Crippen LogP contribution in [0, 0.1) is 0 Å². The Kier molecular flexibility index (Phi) is 6.06. The minimum Gasteiger partial charge on any atom is -0.343 e. The van der Waals surface area contributed by atoms with Crippen LogP contribution in [-0.2, 0) is 16.1 Å². The summed E-state index contributed by atoms with van der Waals surface area (Å²) in [5.41, 5.74) is 0. The molecule has 0 radical (unpaired) electrons. The van der Waals surface area contributed by atoms with Crippen LogP contribution in [0.2, 0.25) is 0 Å². The fraction of sp³-hybridized carbons (Fsp3) is 0.667. The van der Waals surface area contributed by atoms with Crippen LogP contribution < -0.4 is 0 Å². The van der Waals surface area contributed by atoms with Crippen LogP contribution in [0.1, 0.15) is 30.6 Å². The van der Waals surface area contributed by atoms with Gasteiger partial charge in [0.2, 0.25) is 11.8 Å². The van der Waals surface area contributed by atoms with E-state index in [0.29, 0.717) is 32.5 Å². The summed E-state index contributed by atoms with van der Waals surface area (Å²) in [5, 5.41) is 2.03. The van der Waals surface area contributed by atoms with Crippen molar-refractivity contribution in [3.05, 3.63) is 22.4 Å². The third-order valence-electron chi connectivity index (χ3n) is 5.07. The highest BCUT2D eigenvalue weighted by molar-refractivity contribution is 7.09. The zero-order chi connectivity index (χ0) is 17.8. The molecule has 0 saturated carbocycles. The summed E-state index contributed by atoms with van der Waals surface area (Å²) < 4.78 is 13.9. The highest BCUT2D eigenvalue weighted by Gasteiger charge is 2.34. The highest BCUT2D eigenvalue weighted by atomic mass is 32.1. The van der Waals surface area contributed by atoms with Gasteiger partial charge in [-0.1, -0.05) is 6.07 Å². The molecule has 3 rings (SSSR count). The predicted molar refractivity (Wildman–Crippen MR) is 96.1 cm³/mol. The minimum absolute atomic E-state index is 0.0307. The summed E-state index contributed by atoms with van der Waals surface area (Å²) in [6.07, 6.45) is 2.04. The molecule has 2 fully saturated rings. The number of amides is 2. The van der Waals surface area contributed by atoms with Crippen molar-refractivity contribution in [3.63, 3.8) is 0 Å². The third-order valence-corrected chi connectivity index (χ3v) is 5.93. The number of likely N-dealkylation sites (N-methyl/N-ethyl adjacent to an activating group) is 1. The van der Waals surface area contributed by atoms with Gasteiger partial charge in [-0.05, 0) is 30.7 Å². The molecule has 2 amide bonds. The van der Waals surface area contributed by atoms with Gasteiger partial charge in [0.15, 0.2) is 0 Å². The van der Waals surface area contributed by atoms with E-state index in [-0.39, 0.29) is 24.4 Å². The van der Waals surface area contributed by atoms with Crippen LogP contribution in [0.3, 0.4) is 0 Å². The van der Waals surface area contributed by atoms with Gasteiger partial charge in [-0.15, -0.1) is 11.3 Å². The number of rotatable bonds is 6. The maximum absolute atomic E-state index is 13.9. The van der Waals surface area contributed by atoms with Crippen molar-refractivity contribution in [2.24, 2.45) is 0 Å². The van der Waals surface area contributed by atoms with Crippen molar-refractivity contribution in [1.82, 2.24) is 14.7 Å². The molecule has 25 heavy (non-hydrogen) atoms. The number of halogens is 1. The van der Waals surface area contributed by atoms with Crippen molar-refractivity contribution in [3.8, 4) is 0 Å². The molecule has 1 aromatic heterocycles. The predicted octanol–water partition coefficient (Wildman–Crippen LogP) is 2.13. The summed E-state index contributed by atoms with van der Waals surface area (Å²) in [4.78, 5) is 31.0. The molecule has 0 aliphatic carbocycles. The van der Waals surface area contributed by atoms with Crippen LogP contribution in [0.5, 0.6) is 0 Å². The molecule has 0 aromatic carbocycles. The molecule has 3 heterocycles. The summed E-state index contributed by atoms with van der Waals surface area (Å²) >= 11 is 1.67. The first kappa shape index (κ1) is 18.3. The zero-order valence-electron chi connectivity index (χ0n) is 14.7. The SMILES string of the molecule is CN(C[C@@H]1C[C@H](F)CN1Cc1cccs1)C(=O)CN1CCCCC1=O. The van der Waals surface area contributed by atoms with E-state index >= 15 is 0 Å². The molecule has 0 bridgehead atoms. The number of hydrogen-bond donors (Lipinski definition) is 0. The molecule has 2 atom stereocenters. The van der Waals surface area contributed by atoms with Crippen molar-refractivity contribution >= 4 is 23.2 Å². The lowest BCUT2D eigenvalue weighted by Crippen LogP contribution is -2.46. The largest absolute Gasteiger partial charge is 0.343 e. The lowest BCUT2D eigenvalue weighted by atomic mass is 10.1. The highest BCUT2D eigenvalue weighted by Crippen LogP contribution is 2.25. The molecule has 0 unspecified atom stereocenters. The summed E-state index contributed by atoms with van der Waals surface area (Å²) in [5.74, 6) is 0.00522. The number of hydrogen-bond acceptors (Lipinski definition) is 4. The van der Waals surface area contributed by atoms with Crippen LogP contribution in [0.4, 0.5) is 4.39 Å². The number of thiophene rings is 1. The van der Waals surface area contributed by atoms with Gasteiger partial charge in [0.05, 0.1) is 6.54 Å². The van der Waals surface area contributed by atoms with E-state index in [1.54, 1.807) is 28.2 Å². The third kappa shape index (κ3) is 4.79. The number of carbonyl (C=O) groups is 2. The Labute approximate surface area is 152 Å². The monoisotopic (exact) mass is 367 g/mol. The van der Waals surface area contributed by atoms with E-state index in [9.17, 15) is 14.0 Å². The summed E-state index contributed by atoms with van der Waals surface area (Å²) in [6.45, 7) is 2.47. The van der Waals surface area contributed by atoms with Crippen molar-refractivity contribution in [2.45, 2.75) is 44.4 Å². The van der Waals surface area contributed by atoms with Gasteiger partial charge in [0.25, 0.3) is 0 Å². The van der Waals surface area contributed by atoms with Gasteiger partial charge in [0.1, 0.15) is 6.17 Å². The molecular weight excluding hydrogens is 341 g/mol. The first-order valence-electron chi connectivity index (χ1n) is 8.95. The topological polar surface area (TPSA) is 43.9 Å². The lowest BCUT2D eigenvalue weighted by molar-refractivity contribution is -0.141. The smallest absolute Gasteiger partial charge is 0.241 e. The maximum Gasteiger partial charge on any atom is 0.241 e. The van der Waals surface area contributed by atoms with Crippen LogP contribution in [0.15, 0.2) is 17.5 Å². The van der Waals surface area contributed by atoms with Crippen LogP contribution in [0.25, 0.3) is 0 Å². The molecule has 1 aromatic rings. The van der Waals surface area contributed by atoms with E-state index in [1.165, 1.54) is 4.88 Å². The Bertz CT molecular complexity index is 595. The maximum atomic E-state index is 13.9. The quantitative estimate of drug-likeness (QED) is 0.774. The van der Waals surface area contributed by atoms with Gasteiger partial charge in [0, 0.05) is 50.6 Å². The van der Waals surface area contributed by atoms with E-state index in [0.717, 1.165) is 19.4 Å². The molecule has 0 N–H and O–H groups in total. The number of alkyl halides is 1. The van der Waals surface area contributed by atoms with Gasteiger partial charge in [-0.2, -0.15) is 0 Å². The molecule has 2 aliphatic rings. The average molecular weight is 367 g/mol. The zero-order valence-corrected chi connectivity index (χ0v) is 15.5. The lowest BCUT2D eigenvalue weighted by Gasteiger charge is -2.31. The Morgan fingerprint density at radius 1 is 1.44 bits per heavy atom. The molecular formula is C18H26FN3O2S. The Morgan fingerprint density at radius 3 is 3.00 bits per heavy atom. The standard InChI is InChI=1S/C18H26FN3O2S/c1-20(18(24)13-21-7-3-2-6-17(21)23)11-15-9-14(19)10-22(15)12-16-5-4-8-25-16/h4-5,8,14-15H,2-3,6-7,9-13H2,1H3/t14-,15-/m0/s1. The van der Waals surface area contributed by atoms with E-state index < -0.39 is 6.17 Å². The molecule has 7 heteroatoms. The second-order valence-electron chi connectivity index (χ2n) is 7.04. The minimum atomic E-state index is -0.836. The van der Waals surface area contributed by atoms with Crippen molar-refractivity contribution in [1.29, 1.82) is 0 Å². The normalized spacial score (nSPS) is 24.7. The number of carbonyl (C=O) groups excluding carboxylic acids is 2. The van der Waals surface area contributed by atoms with Crippen LogP contribution >= 0.6 is 11.3 Å². The summed E-state index contributed by atoms with van der Waals surface area (Å²) in [7, 11) is 1.76. The van der Waals surface area contributed by atoms with Gasteiger partial charge in [-0.25, -0.2) is 4.39 Å². The fourth-order valence-electron chi connectivity index (χ4n) is 3.64. The first-order chi connectivity index (χ1) is 12.0. The number of likely N-dealkylation sites (tertiary alicyclic amines) is 2. The molecule has 138 valence electrons. The molecule has 2 saturated heterocycles. The number of nitrogens with zero attached hydrogens (tertiary/aromatic N) is 3.